The highest BCUT2D eigenvalue weighted by Gasteiger charge is 2.14. The maximum atomic E-state index is 11.8. The molecule has 0 spiro atoms. The summed E-state index contributed by atoms with van der Waals surface area (Å²) in [6.07, 6.45) is 0. The van der Waals surface area contributed by atoms with Crippen molar-refractivity contribution in [1.82, 2.24) is 9.38 Å². The molecule has 90 valence electrons. The van der Waals surface area contributed by atoms with Gasteiger partial charge in [0.1, 0.15) is 11.3 Å². The van der Waals surface area contributed by atoms with Gasteiger partial charge in [-0.05, 0) is 43.5 Å². The fourth-order valence-electron chi connectivity index (χ4n) is 2.49. The highest BCUT2D eigenvalue weighted by molar-refractivity contribution is 5.97. The van der Waals surface area contributed by atoms with Crippen LogP contribution in [0.1, 0.15) is 28.7 Å². The van der Waals surface area contributed by atoms with Crippen molar-refractivity contribution in [3.8, 4) is 0 Å². The normalized spacial score (nSPS) is 11.3. The number of rotatable bonds is 1. The van der Waals surface area contributed by atoms with Gasteiger partial charge in [-0.2, -0.15) is 0 Å². The third-order valence-electron chi connectivity index (χ3n) is 3.25. The lowest BCUT2D eigenvalue weighted by Crippen LogP contribution is -2.01. The molecular weight excluding hydrogens is 224 g/mol. The summed E-state index contributed by atoms with van der Waals surface area (Å²) in [6, 6.07) is 10.2. The molecule has 0 saturated heterocycles. The van der Waals surface area contributed by atoms with E-state index in [0.29, 0.717) is 5.69 Å². The van der Waals surface area contributed by atoms with Crippen molar-refractivity contribution in [2.24, 2.45) is 0 Å². The Kier molecular flexibility index (Phi) is 2.23. The van der Waals surface area contributed by atoms with Crippen LogP contribution in [0.15, 0.2) is 30.3 Å². The minimum absolute atomic E-state index is 0.0491. The van der Waals surface area contributed by atoms with Gasteiger partial charge in [0.05, 0.1) is 11.2 Å². The average molecular weight is 238 g/mol. The van der Waals surface area contributed by atoms with Crippen LogP contribution in [-0.2, 0) is 0 Å². The zero-order valence-corrected chi connectivity index (χ0v) is 10.7. The molecular formula is C15H14N2O. The summed E-state index contributed by atoms with van der Waals surface area (Å²) in [5.41, 5.74) is 4.54. The van der Waals surface area contributed by atoms with Gasteiger partial charge in [-0.3, -0.25) is 9.20 Å². The minimum Gasteiger partial charge on any atom is -0.293 e. The summed E-state index contributed by atoms with van der Waals surface area (Å²) in [7, 11) is 0. The molecule has 3 heteroatoms. The summed E-state index contributed by atoms with van der Waals surface area (Å²) in [5.74, 6) is 0.0491. The fourth-order valence-corrected chi connectivity index (χ4v) is 2.49. The lowest BCUT2D eigenvalue weighted by Gasteiger charge is -2.05. The first kappa shape index (κ1) is 11.0. The van der Waals surface area contributed by atoms with Crippen LogP contribution in [0.5, 0.6) is 0 Å². The van der Waals surface area contributed by atoms with Crippen molar-refractivity contribution in [1.29, 1.82) is 0 Å². The molecule has 0 fully saturated rings. The SMILES string of the molecule is CC(=O)c1c(C)nc2ccc3cc(C)ccc3n12. The number of nitrogens with zero attached hydrogens (tertiary/aromatic N) is 2. The first-order valence-electron chi connectivity index (χ1n) is 5.97. The number of Topliss-reactive ketones (excluding diaryl/α,β-unsaturated/α-hetero) is 1. The van der Waals surface area contributed by atoms with Crippen molar-refractivity contribution >= 4 is 22.3 Å². The third-order valence-corrected chi connectivity index (χ3v) is 3.25. The number of aromatic nitrogens is 2. The van der Waals surface area contributed by atoms with Gasteiger partial charge < -0.3 is 0 Å². The van der Waals surface area contributed by atoms with Gasteiger partial charge in [0, 0.05) is 6.92 Å². The Morgan fingerprint density at radius 1 is 1.17 bits per heavy atom. The van der Waals surface area contributed by atoms with Gasteiger partial charge in [0.2, 0.25) is 0 Å². The topological polar surface area (TPSA) is 34.4 Å². The van der Waals surface area contributed by atoms with E-state index in [-0.39, 0.29) is 5.78 Å². The van der Waals surface area contributed by atoms with Crippen molar-refractivity contribution in [2.75, 3.05) is 0 Å². The van der Waals surface area contributed by atoms with E-state index in [4.69, 9.17) is 0 Å². The standard InChI is InChI=1S/C15H14N2O/c1-9-4-6-13-12(8-9)5-7-14-16-10(2)15(11(3)18)17(13)14/h4-8H,1-3H3. The van der Waals surface area contributed by atoms with Crippen LogP contribution in [-0.4, -0.2) is 15.2 Å². The van der Waals surface area contributed by atoms with Crippen molar-refractivity contribution in [2.45, 2.75) is 20.8 Å². The fraction of sp³-hybridized carbons (Fsp3) is 0.200. The second kappa shape index (κ2) is 3.67. The molecule has 3 nitrogen and oxygen atoms in total. The van der Waals surface area contributed by atoms with Crippen molar-refractivity contribution in [3.05, 3.63) is 47.3 Å². The van der Waals surface area contributed by atoms with Crippen molar-refractivity contribution in [3.63, 3.8) is 0 Å². The molecule has 1 aromatic carbocycles. The van der Waals surface area contributed by atoms with E-state index >= 15 is 0 Å². The third kappa shape index (κ3) is 1.44. The van der Waals surface area contributed by atoms with E-state index in [1.807, 2.05) is 29.5 Å². The number of fused-ring (bicyclic) bond motifs is 3. The smallest absolute Gasteiger partial charge is 0.178 e. The van der Waals surface area contributed by atoms with Gasteiger partial charge in [-0.15, -0.1) is 0 Å². The second-order valence-electron chi connectivity index (χ2n) is 4.69. The molecule has 18 heavy (non-hydrogen) atoms. The molecule has 0 aliphatic carbocycles. The lowest BCUT2D eigenvalue weighted by atomic mass is 10.1. The number of carbonyl (C=O) groups excluding carboxylic acids is 1. The zero-order valence-electron chi connectivity index (χ0n) is 10.7. The molecule has 0 aliphatic rings. The largest absolute Gasteiger partial charge is 0.293 e. The quantitative estimate of drug-likeness (QED) is 0.609. The van der Waals surface area contributed by atoms with Gasteiger partial charge in [0.15, 0.2) is 5.78 Å². The van der Waals surface area contributed by atoms with Gasteiger partial charge in [-0.1, -0.05) is 11.6 Å². The number of hydrogen-bond donors (Lipinski definition) is 0. The van der Waals surface area contributed by atoms with Crippen LogP contribution < -0.4 is 0 Å². The number of imidazole rings is 1. The molecule has 0 atom stereocenters. The summed E-state index contributed by atoms with van der Waals surface area (Å²) in [5, 5.41) is 1.13. The number of pyridine rings is 1. The molecule has 0 radical (unpaired) electrons. The van der Waals surface area contributed by atoms with Crippen LogP contribution in [0.25, 0.3) is 16.6 Å². The number of hydrogen-bond acceptors (Lipinski definition) is 2. The maximum absolute atomic E-state index is 11.8. The predicted molar refractivity (Wildman–Crippen MR) is 72.2 cm³/mol. The Bertz CT molecular complexity index is 784. The number of aryl methyl sites for hydroxylation is 2. The monoisotopic (exact) mass is 238 g/mol. The summed E-state index contributed by atoms with van der Waals surface area (Å²) in [6.45, 7) is 5.53. The molecule has 0 saturated carbocycles. The molecule has 3 rings (SSSR count). The lowest BCUT2D eigenvalue weighted by molar-refractivity contribution is 0.101. The Labute approximate surface area is 105 Å². The van der Waals surface area contributed by atoms with E-state index in [1.54, 1.807) is 6.92 Å². The molecule has 0 bridgehead atoms. The van der Waals surface area contributed by atoms with Crippen LogP contribution in [0.2, 0.25) is 0 Å². The molecule has 0 aliphatic heterocycles. The molecule has 3 aromatic rings. The summed E-state index contributed by atoms with van der Waals surface area (Å²) >= 11 is 0. The van der Waals surface area contributed by atoms with Crippen LogP contribution >= 0.6 is 0 Å². The maximum Gasteiger partial charge on any atom is 0.178 e. The molecule has 0 N–H and O–H groups in total. The van der Waals surface area contributed by atoms with Crippen molar-refractivity contribution < 1.29 is 4.79 Å². The Morgan fingerprint density at radius 3 is 2.67 bits per heavy atom. The van der Waals surface area contributed by atoms with E-state index in [9.17, 15) is 4.79 Å². The Morgan fingerprint density at radius 2 is 1.94 bits per heavy atom. The first-order valence-corrected chi connectivity index (χ1v) is 5.97. The van der Waals surface area contributed by atoms with Crippen LogP contribution in [0.3, 0.4) is 0 Å². The van der Waals surface area contributed by atoms with Gasteiger partial charge in [-0.25, -0.2) is 4.98 Å². The highest BCUT2D eigenvalue weighted by Crippen LogP contribution is 2.22. The molecule has 0 amide bonds. The highest BCUT2D eigenvalue weighted by atomic mass is 16.1. The zero-order chi connectivity index (χ0) is 12.9. The van der Waals surface area contributed by atoms with Crippen LogP contribution in [0.4, 0.5) is 0 Å². The predicted octanol–water partition coefficient (Wildman–Crippen LogP) is 3.31. The van der Waals surface area contributed by atoms with E-state index in [0.717, 1.165) is 22.2 Å². The van der Waals surface area contributed by atoms with Crippen LogP contribution in [0, 0.1) is 13.8 Å². The minimum atomic E-state index is 0.0491. The Balaban J connectivity index is 2.56. The number of carbonyl (C=O) groups is 1. The molecule has 2 heterocycles. The Hall–Kier alpha value is -2.16. The number of ketones is 1. The summed E-state index contributed by atoms with van der Waals surface area (Å²) < 4.78 is 1.95. The molecule has 0 unspecified atom stereocenters. The first-order chi connectivity index (χ1) is 8.58. The van der Waals surface area contributed by atoms with E-state index in [1.165, 1.54) is 5.56 Å². The van der Waals surface area contributed by atoms with Gasteiger partial charge >= 0.3 is 0 Å². The molecule has 2 aromatic heterocycles. The van der Waals surface area contributed by atoms with E-state index in [2.05, 4.69) is 24.0 Å². The summed E-state index contributed by atoms with van der Waals surface area (Å²) in [4.78, 5) is 16.2. The second-order valence-corrected chi connectivity index (χ2v) is 4.69. The number of benzene rings is 1. The van der Waals surface area contributed by atoms with E-state index < -0.39 is 0 Å². The average Bonchev–Trinajstić information content (AvgIpc) is 2.65. The van der Waals surface area contributed by atoms with Gasteiger partial charge in [0.25, 0.3) is 0 Å².